The molecule has 10 heteroatoms. The lowest BCUT2D eigenvalue weighted by Crippen LogP contribution is -2.30. The molecular formula is C24H16N4O4S2. The Morgan fingerprint density at radius 2 is 1.74 bits per heavy atom. The van der Waals surface area contributed by atoms with Gasteiger partial charge < -0.3 is 5.11 Å². The molecule has 5 rings (SSSR count). The van der Waals surface area contributed by atoms with Gasteiger partial charge in [-0.1, -0.05) is 42.5 Å². The molecule has 0 aliphatic rings. The highest BCUT2D eigenvalue weighted by Crippen LogP contribution is 2.40. The number of rotatable bonds is 5. The molecule has 0 fully saturated rings. The number of amides is 1. The number of aromatic hydroxyl groups is 1. The minimum absolute atomic E-state index is 0.0549. The molecule has 5 aromatic rings. The third-order valence-electron chi connectivity index (χ3n) is 5.19. The Morgan fingerprint density at radius 3 is 2.50 bits per heavy atom. The number of hydrogen-bond acceptors (Lipinski definition) is 8. The third kappa shape index (κ3) is 4.00. The lowest BCUT2D eigenvalue weighted by Gasteiger charge is -2.13. The monoisotopic (exact) mass is 488 g/mol. The maximum atomic E-state index is 12.6. The van der Waals surface area contributed by atoms with Crippen molar-refractivity contribution in [2.45, 2.75) is 4.90 Å². The van der Waals surface area contributed by atoms with Crippen LogP contribution in [0, 0.1) is 0 Å². The number of phenols is 1. The molecule has 3 aromatic carbocycles. The quantitative estimate of drug-likeness (QED) is 0.379. The van der Waals surface area contributed by atoms with Crippen molar-refractivity contribution >= 4 is 38.0 Å². The van der Waals surface area contributed by atoms with E-state index in [4.69, 9.17) is 0 Å². The summed E-state index contributed by atoms with van der Waals surface area (Å²) >= 11 is 1.04. The SMILES string of the molecule is O=C(NS(=O)(=O)c1ccc(-c2nnccc2-c2c(O)ccc3ccccc23)cc1)c1nccs1. The summed E-state index contributed by atoms with van der Waals surface area (Å²) in [5, 5.41) is 22.4. The molecule has 34 heavy (non-hydrogen) atoms. The van der Waals surface area contributed by atoms with Crippen molar-refractivity contribution in [1.82, 2.24) is 19.9 Å². The van der Waals surface area contributed by atoms with Gasteiger partial charge in [0.05, 0.1) is 11.1 Å². The predicted molar refractivity (Wildman–Crippen MR) is 129 cm³/mol. The first kappa shape index (κ1) is 21.7. The highest BCUT2D eigenvalue weighted by Gasteiger charge is 2.21. The van der Waals surface area contributed by atoms with Crippen LogP contribution in [0.4, 0.5) is 0 Å². The molecule has 0 saturated heterocycles. The Kier molecular flexibility index (Phi) is 5.52. The highest BCUT2D eigenvalue weighted by molar-refractivity contribution is 7.90. The number of aromatic nitrogens is 3. The fourth-order valence-electron chi connectivity index (χ4n) is 3.64. The molecule has 2 aromatic heterocycles. The van der Waals surface area contributed by atoms with Gasteiger partial charge in [-0.2, -0.15) is 5.10 Å². The molecule has 0 spiro atoms. The van der Waals surface area contributed by atoms with E-state index in [1.54, 1.807) is 29.6 Å². The van der Waals surface area contributed by atoms with E-state index in [0.717, 1.165) is 22.1 Å². The zero-order chi connectivity index (χ0) is 23.7. The maximum Gasteiger partial charge on any atom is 0.293 e. The van der Waals surface area contributed by atoms with E-state index in [1.807, 2.05) is 35.1 Å². The zero-order valence-corrected chi connectivity index (χ0v) is 19.0. The summed E-state index contributed by atoms with van der Waals surface area (Å²) in [7, 11) is -4.09. The van der Waals surface area contributed by atoms with Gasteiger partial charge >= 0.3 is 0 Å². The molecule has 0 aliphatic carbocycles. The highest BCUT2D eigenvalue weighted by atomic mass is 32.2. The van der Waals surface area contributed by atoms with Crippen LogP contribution in [-0.4, -0.2) is 34.6 Å². The molecule has 0 unspecified atom stereocenters. The largest absolute Gasteiger partial charge is 0.507 e. The number of hydrogen-bond donors (Lipinski definition) is 2. The van der Waals surface area contributed by atoms with Crippen molar-refractivity contribution in [3.63, 3.8) is 0 Å². The van der Waals surface area contributed by atoms with E-state index in [2.05, 4.69) is 15.2 Å². The molecule has 0 radical (unpaired) electrons. The van der Waals surface area contributed by atoms with Crippen molar-refractivity contribution in [1.29, 1.82) is 0 Å². The van der Waals surface area contributed by atoms with Gasteiger partial charge in [0.1, 0.15) is 11.4 Å². The first-order valence-corrected chi connectivity index (χ1v) is 12.4. The lowest BCUT2D eigenvalue weighted by atomic mass is 9.94. The second kappa shape index (κ2) is 8.65. The van der Waals surface area contributed by atoms with E-state index < -0.39 is 15.9 Å². The minimum atomic E-state index is -4.09. The fourth-order valence-corrected chi connectivity index (χ4v) is 5.19. The van der Waals surface area contributed by atoms with E-state index in [9.17, 15) is 18.3 Å². The van der Waals surface area contributed by atoms with Gasteiger partial charge in [-0.25, -0.2) is 18.1 Å². The summed E-state index contributed by atoms with van der Waals surface area (Å²) in [4.78, 5) is 15.9. The van der Waals surface area contributed by atoms with E-state index >= 15 is 0 Å². The van der Waals surface area contributed by atoms with Crippen LogP contribution in [0.5, 0.6) is 5.75 Å². The van der Waals surface area contributed by atoms with Crippen LogP contribution in [0.15, 0.2) is 89.4 Å². The lowest BCUT2D eigenvalue weighted by molar-refractivity contribution is 0.0981. The molecule has 1 amide bonds. The molecule has 2 N–H and O–H groups in total. The third-order valence-corrected chi connectivity index (χ3v) is 7.31. The normalized spacial score (nSPS) is 11.4. The van der Waals surface area contributed by atoms with Crippen LogP contribution in [-0.2, 0) is 10.0 Å². The van der Waals surface area contributed by atoms with Gasteiger partial charge in [0.25, 0.3) is 15.9 Å². The Hall–Kier alpha value is -4.15. The number of thiazole rings is 1. The van der Waals surface area contributed by atoms with Crippen molar-refractivity contribution in [3.05, 3.63) is 89.5 Å². The smallest absolute Gasteiger partial charge is 0.293 e. The Bertz CT molecular complexity index is 1620. The van der Waals surface area contributed by atoms with Crippen molar-refractivity contribution in [2.24, 2.45) is 0 Å². The van der Waals surface area contributed by atoms with Crippen LogP contribution >= 0.6 is 11.3 Å². The number of nitrogens with zero attached hydrogens (tertiary/aromatic N) is 3. The number of fused-ring (bicyclic) bond motifs is 1. The minimum Gasteiger partial charge on any atom is -0.507 e. The Balaban J connectivity index is 1.53. The van der Waals surface area contributed by atoms with Crippen LogP contribution in [0.3, 0.4) is 0 Å². The van der Waals surface area contributed by atoms with Crippen molar-refractivity contribution < 1.29 is 18.3 Å². The number of phenolic OH excluding ortho intramolecular Hbond substituents is 1. The van der Waals surface area contributed by atoms with Gasteiger partial charge in [-0.3, -0.25) is 4.79 Å². The molecule has 2 heterocycles. The van der Waals surface area contributed by atoms with E-state index in [0.29, 0.717) is 22.4 Å². The molecule has 8 nitrogen and oxygen atoms in total. The van der Waals surface area contributed by atoms with Gasteiger partial charge in [0, 0.05) is 28.3 Å². The van der Waals surface area contributed by atoms with Crippen LogP contribution in [0.1, 0.15) is 9.80 Å². The topological polar surface area (TPSA) is 122 Å². The first-order valence-electron chi connectivity index (χ1n) is 10.0. The predicted octanol–water partition coefficient (Wildman–Crippen LogP) is 4.24. The van der Waals surface area contributed by atoms with Crippen LogP contribution in [0.2, 0.25) is 0 Å². The molecular weight excluding hydrogens is 472 g/mol. The van der Waals surface area contributed by atoms with E-state index in [1.165, 1.54) is 24.5 Å². The summed E-state index contributed by atoms with van der Waals surface area (Å²) in [5.41, 5.74) is 2.33. The Morgan fingerprint density at radius 1 is 0.941 bits per heavy atom. The number of carbonyl (C=O) groups excluding carboxylic acids is 1. The van der Waals surface area contributed by atoms with Crippen LogP contribution < -0.4 is 4.72 Å². The summed E-state index contributed by atoms with van der Waals surface area (Å²) < 4.78 is 27.3. The molecule has 0 bridgehead atoms. The molecule has 0 aliphatic heterocycles. The number of benzene rings is 3. The molecule has 168 valence electrons. The average Bonchev–Trinajstić information content (AvgIpc) is 3.39. The van der Waals surface area contributed by atoms with Crippen molar-refractivity contribution in [2.75, 3.05) is 0 Å². The second-order valence-corrected chi connectivity index (χ2v) is 9.85. The average molecular weight is 489 g/mol. The van der Waals surface area contributed by atoms with Crippen molar-refractivity contribution in [3.8, 4) is 28.1 Å². The second-order valence-electron chi connectivity index (χ2n) is 7.27. The Labute approximate surface area is 198 Å². The number of nitrogens with one attached hydrogen (secondary N) is 1. The summed E-state index contributed by atoms with van der Waals surface area (Å²) in [5.74, 6) is -0.696. The number of carbonyl (C=O) groups is 1. The van der Waals surface area contributed by atoms with Gasteiger partial charge in [0.15, 0.2) is 5.01 Å². The van der Waals surface area contributed by atoms with Gasteiger partial charge in [-0.05, 0) is 35.0 Å². The first-order chi connectivity index (χ1) is 16.4. The molecule has 0 saturated carbocycles. The van der Waals surface area contributed by atoms with Gasteiger partial charge in [-0.15, -0.1) is 16.4 Å². The van der Waals surface area contributed by atoms with Gasteiger partial charge in [0.2, 0.25) is 0 Å². The zero-order valence-electron chi connectivity index (χ0n) is 17.4. The summed E-state index contributed by atoms with van der Waals surface area (Å²) in [6, 6.07) is 18.8. The summed E-state index contributed by atoms with van der Waals surface area (Å²) in [6.07, 6.45) is 2.96. The number of sulfonamides is 1. The van der Waals surface area contributed by atoms with E-state index in [-0.39, 0.29) is 15.7 Å². The maximum absolute atomic E-state index is 12.6. The molecule has 0 atom stereocenters. The standard InChI is InChI=1S/C24H16N4O4S2/c29-20-10-7-15-3-1-2-4-18(15)21(20)19-11-12-26-27-22(19)16-5-8-17(9-6-16)34(31,32)28-23(30)24-25-13-14-33-24/h1-14,29H,(H,28,30). The van der Waals surface area contributed by atoms with Crippen LogP contribution in [0.25, 0.3) is 33.2 Å². The summed E-state index contributed by atoms with van der Waals surface area (Å²) in [6.45, 7) is 0. The fraction of sp³-hybridized carbons (Fsp3) is 0.